The summed E-state index contributed by atoms with van der Waals surface area (Å²) >= 11 is 0. The molecule has 0 spiro atoms. The van der Waals surface area contributed by atoms with E-state index in [2.05, 4.69) is 20.8 Å². The molecule has 1 aliphatic rings. The van der Waals surface area contributed by atoms with Crippen LogP contribution in [0, 0.1) is 11.3 Å². The molecule has 10 heavy (non-hydrogen) atoms. The lowest BCUT2D eigenvalue weighted by atomic mass is 9.65. The Hall–Kier alpha value is -0.330. The molecule has 0 radical (unpaired) electrons. The molecule has 1 fully saturated rings. The summed E-state index contributed by atoms with van der Waals surface area (Å²) in [6, 6.07) is 0. The van der Waals surface area contributed by atoms with Gasteiger partial charge in [0.2, 0.25) is 0 Å². The fourth-order valence-corrected chi connectivity index (χ4v) is 1.33. The van der Waals surface area contributed by atoms with Crippen molar-refractivity contribution in [3.63, 3.8) is 0 Å². The SMILES string of the molecule is CCC(C)(C)C1CC(=O)C1. The third-order valence-electron chi connectivity index (χ3n) is 2.96. The molecule has 0 saturated heterocycles. The number of ketones is 1. The Balaban J connectivity index is 2.43. The van der Waals surface area contributed by atoms with Gasteiger partial charge in [0.05, 0.1) is 0 Å². The van der Waals surface area contributed by atoms with Crippen molar-refractivity contribution >= 4 is 5.78 Å². The summed E-state index contributed by atoms with van der Waals surface area (Å²) in [5.41, 5.74) is 0.397. The Bertz CT molecular complexity index is 139. The summed E-state index contributed by atoms with van der Waals surface area (Å²) in [4.78, 5) is 10.7. The fraction of sp³-hybridized carbons (Fsp3) is 0.889. The topological polar surface area (TPSA) is 17.1 Å². The van der Waals surface area contributed by atoms with Crippen LogP contribution in [-0.2, 0) is 4.79 Å². The molecule has 0 aromatic heterocycles. The van der Waals surface area contributed by atoms with E-state index >= 15 is 0 Å². The molecule has 0 unspecified atom stereocenters. The van der Waals surface area contributed by atoms with Crippen LogP contribution >= 0.6 is 0 Å². The van der Waals surface area contributed by atoms with Crippen LogP contribution in [0.1, 0.15) is 40.0 Å². The minimum absolute atomic E-state index is 0.397. The van der Waals surface area contributed by atoms with E-state index in [-0.39, 0.29) is 0 Å². The zero-order valence-electron chi connectivity index (χ0n) is 7.11. The van der Waals surface area contributed by atoms with Crippen molar-refractivity contribution in [3.05, 3.63) is 0 Å². The van der Waals surface area contributed by atoms with Gasteiger partial charge in [0.1, 0.15) is 5.78 Å². The first-order valence-electron chi connectivity index (χ1n) is 4.08. The van der Waals surface area contributed by atoms with E-state index in [1.807, 2.05) is 0 Å². The van der Waals surface area contributed by atoms with Gasteiger partial charge in [-0.25, -0.2) is 0 Å². The van der Waals surface area contributed by atoms with Crippen LogP contribution in [0.15, 0.2) is 0 Å². The molecule has 0 aromatic rings. The van der Waals surface area contributed by atoms with Crippen LogP contribution < -0.4 is 0 Å². The zero-order valence-corrected chi connectivity index (χ0v) is 7.11. The van der Waals surface area contributed by atoms with Gasteiger partial charge in [0, 0.05) is 12.8 Å². The molecule has 0 aromatic carbocycles. The van der Waals surface area contributed by atoms with Crippen molar-refractivity contribution < 1.29 is 4.79 Å². The van der Waals surface area contributed by atoms with E-state index in [4.69, 9.17) is 0 Å². The lowest BCUT2D eigenvalue weighted by Gasteiger charge is -2.38. The average Bonchev–Trinajstić information content (AvgIpc) is 1.81. The van der Waals surface area contributed by atoms with Crippen molar-refractivity contribution in [3.8, 4) is 0 Å². The van der Waals surface area contributed by atoms with Gasteiger partial charge in [-0.2, -0.15) is 0 Å². The smallest absolute Gasteiger partial charge is 0.133 e. The average molecular weight is 140 g/mol. The predicted octanol–water partition coefficient (Wildman–Crippen LogP) is 2.40. The molecular formula is C9H16O. The Morgan fingerprint density at radius 3 is 2.30 bits per heavy atom. The van der Waals surface area contributed by atoms with Crippen LogP contribution in [0.3, 0.4) is 0 Å². The molecule has 0 atom stereocenters. The molecule has 0 bridgehead atoms. The Morgan fingerprint density at radius 2 is 2.00 bits per heavy atom. The zero-order chi connectivity index (χ0) is 7.78. The Labute approximate surface area is 62.8 Å². The first kappa shape index (κ1) is 7.77. The Morgan fingerprint density at radius 1 is 1.50 bits per heavy atom. The molecule has 0 N–H and O–H groups in total. The van der Waals surface area contributed by atoms with E-state index in [1.54, 1.807) is 0 Å². The summed E-state index contributed by atoms with van der Waals surface area (Å²) in [6.45, 7) is 6.71. The highest BCUT2D eigenvalue weighted by molar-refractivity contribution is 5.84. The lowest BCUT2D eigenvalue weighted by molar-refractivity contribution is -0.130. The van der Waals surface area contributed by atoms with Crippen molar-refractivity contribution in [1.82, 2.24) is 0 Å². The number of carbonyl (C=O) groups excluding carboxylic acids is 1. The van der Waals surface area contributed by atoms with Crippen LogP contribution in [-0.4, -0.2) is 5.78 Å². The maximum absolute atomic E-state index is 10.7. The van der Waals surface area contributed by atoms with Crippen LogP contribution in [0.2, 0.25) is 0 Å². The molecule has 0 aliphatic heterocycles. The number of carbonyl (C=O) groups is 1. The summed E-state index contributed by atoms with van der Waals surface area (Å²) in [7, 11) is 0. The first-order valence-corrected chi connectivity index (χ1v) is 4.08. The second-order valence-corrected chi connectivity index (χ2v) is 3.99. The molecule has 0 heterocycles. The normalized spacial score (nSPS) is 20.9. The highest BCUT2D eigenvalue weighted by atomic mass is 16.1. The van der Waals surface area contributed by atoms with Crippen molar-refractivity contribution in [2.24, 2.45) is 11.3 Å². The number of Topliss-reactive ketones (excluding diaryl/α,β-unsaturated/α-hetero) is 1. The summed E-state index contributed by atoms with van der Waals surface area (Å²) in [6.07, 6.45) is 2.85. The standard InChI is InChI=1S/C9H16O/c1-4-9(2,3)7-5-8(10)6-7/h7H,4-6H2,1-3H3. The van der Waals surface area contributed by atoms with Gasteiger partial charge in [-0.1, -0.05) is 27.2 Å². The van der Waals surface area contributed by atoms with Crippen molar-refractivity contribution in [2.45, 2.75) is 40.0 Å². The third-order valence-corrected chi connectivity index (χ3v) is 2.96. The van der Waals surface area contributed by atoms with Crippen LogP contribution in [0.5, 0.6) is 0 Å². The Kier molecular flexibility index (Phi) is 1.84. The van der Waals surface area contributed by atoms with Crippen LogP contribution in [0.4, 0.5) is 0 Å². The van der Waals surface area contributed by atoms with E-state index in [0.717, 1.165) is 12.8 Å². The monoisotopic (exact) mass is 140 g/mol. The summed E-state index contributed by atoms with van der Waals surface area (Å²) < 4.78 is 0. The maximum Gasteiger partial charge on any atom is 0.133 e. The van der Waals surface area contributed by atoms with Gasteiger partial charge in [-0.05, 0) is 11.3 Å². The van der Waals surface area contributed by atoms with E-state index in [9.17, 15) is 4.79 Å². The summed E-state index contributed by atoms with van der Waals surface area (Å²) in [5, 5.41) is 0. The largest absolute Gasteiger partial charge is 0.300 e. The van der Waals surface area contributed by atoms with Crippen LogP contribution in [0.25, 0.3) is 0 Å². The highest BCUT2D eigenvalue weighted by Gasteiger charge is 2.37. The fourth-order valence-electron chi connectivity index (χ4n) is 1.33. The highest BCUT2D eigenvalue weighted by Crippen LogP contribution is 2.41. The van der Waals surface area contributed by atoms with Crippen molar-refractivity contribution in [1.29, 1.82) is 0 Å². The minimum Gasteiger partial charge on any atom is -0.300 e. The second kappa shape index (κ2) is 2.37. The van der Waals surface area contributed by atoms with Gasteiger partial charge in [0.15, 0.2) is 0 Å². The van der Waals surface area contributed by atoms with Gasteiger partial charge in [-0.15, -0.1) is 0 Å². The molecule has 1 aliphatic carbocycles. The van der Waals surface area contributed by atoms with E-state index < -0.39 is 0 Å². The molecule has 58 valence electrons. The van der Waals surface area contributed by atoms with Gasteiger partial charge in [0.25, 0.3) is 0 Å². The number of rotatable bonds is 2. The molecule has 1 nitrogen and oxygen atoms in total. The van der Waals surface area contributed by atoms with Gasteiger partial charge < -0.3 is 0 Å². The van der Waals surface area contributed by atoms with Gasteiger partial charge in [-0.3, -0.25) is 4.79 Å². The molecule has 1 saturated carbocycles. The number of hydrogen-bond donors (Lipinski definition) is 0. The van der Waals surface area contributed by atoms with Crippen molar-refractivity contribution in [2.75, 3.05) is 0 Å². The molecule has 1 heteroatoms. The third kappa shape index (κ3) is 1.23. The van der Waals surface area contributed by atoms with E-state index in [0.29, 0.717) is 17.1 Å². The minimum atomic E-state index is 0.397. The lowest BCUT2D eigenvalue weighted by Crippen LogP contribution is -2.35. The first-order chi connectivity index (χ1) is 4.56. The molecule has 0 amide bonds. The number of hydrogen-bond acceptors (Lipinski definition) is 1. The maximum atomic E-state index is 10.7. The van der Waals surface area contributed by atoms with Gasteiger partial charge >= 0.3 is 0 Å². The molecule has 1 rings (SSSR count). The second-order valence-electron chi connectivity index (χ2n) is 3.99. The van der Waals surface area contributed by atoms with E-state index in [1.165, 1.54) is 6.42 Å². The summed E-state index contributed by atoms with van der Waals surface area (Å²) in [5.74, 6) is 1.12. The predicted molar refractivity (Wildman–Crippen MR) is 41.8 cm³/mol. The molecular weight excluding hydrogens is 124 g/mol. The quantitative estimate of drug-likeness (QED) is 0.575.